The summed E-state index contributed by atoms with van der Waals surface area (Å²) in [4.78, 5) is 24.5. The van der Waals surface area contributed by atoms with Crippen molar-refractivity contribution in [2.75, 3.05) is 7.11 Å². The van der Waals surface area contributed by atoms with Crippen molar-refractivity contribution in [3.63, 3.8) is 0 Å². The lowest BCUT2D eigenvalue weighted by Crippen LogP contribution is -2.44. The standard InChI is InChI=1S/C22H27FO3/c1-22-10-9-17-16-7-5-15(23)11-13(16)3-6-18(17)21(22)14(12-19(22)24)4-8-20(25)26-2/h5,7,11,14,17-18,21H,3-4,6,8-10,12H2,1-2H3/t14?,17?,18?,21?,22-/m1/s1. The Kier molecular flexibility index (Phi) is 4.40. The molecule has 2 fully saturated rings. The third-order valence-corrected chi connectivity index (χ3v) is 7.48. The molecule has 0 bridgehead atoms. The highest BCUT2D eigenvalue weighted by Crippen LogP contribution is 2.62. The summed E-state index contributed by atoms with van der Waals surface area (Å²) in [5, 5.41) is 0. The van der Waals surface area contributed by atoms with Crippen LogP contribution in [-0.2, 0) is 20.7 Å². The van der Waals surface area contributed by atoms with Crippen molar-refractivity contribution in [2.24, 2.45) is 23.2 Å². The summed E-state index contributed by atoms with van der Waals surface area (Å²) in [6, 6.07) is 5.22. The van der Waals surface area contributed by atoms with Gasteiger partial charge in [-0.3, -0.25) is 9.59 Å². The van der Waals surface area contributed by atoms with Gasteiger partial charge in [0.2, 0.25) is 0 Å². The minimum atomic E-state index is -0.251. The zero-order valence-corrected chi connectivity index (χ0v) is 15.6. The normalized spacial score (nSPS) is 35.4. The lowest BCUT2D eigenvalue weighted by atomic mass is 9.54. The van der Waals surface area contributed by atoms with Gasteiger partial charge >= 0.3 is 5.97 Å². The average Bonchev–Trinajstić information content (AvgIpc) is 2.89. The van der Waals surface area contributed by atoms with Gasteiger partial charge in [-0.25, -0.2) is 4.39 Å². The van der Waals surface area contributed by atoms with Crippen LogP contribution in [0.25, 0.3) is 0 Å². The number of halogens is 1. The molecule has 3 aliphatic rings. The monoisotopic (exact) mass is 358 g/mol. The van der Waals surface area contributed by atoms with Crippen LogP contribution in [-0.4, -0.2) is 18.9 Å². The summed E-state index contributed by atoms with van der Waals surface area (Å²) in [6.45, 7) is 2.15. The summed E-state index contributed by atoms with van der Waals surface area (Å²) in [6.07, 6.45) is 5.53. The second-order valence-electron chi connectivity index (χ2n) is 8.64. The quantitative estimate of drug-likeness (QED) is 0.751. The van der Waals surface area contributed by atoms with Crippen LogP contribution < -0.4 is 0 Å². The number of hydrogen-bond acceptors (Lipinski definition) is 3. The molecule has 0 heterocycles. The van der Waals surface area contributed by atoms with Gasteiger partial charge in [0.15, 0.2) is 0 Å². The third kappa shape index (κ3) is 2.69. The van der Waals surface area contributed by atoms with Crippen molar-refractivity contribution in [3.8, 4) is 0 Å². The molecule has 0 radical (unpaired) electrons. The zero-order chi connectivity index (χ0) is 18.5. The Morgan fingerprint density at radius 2 is 2.15 bits per heavy atom. The average molecular weight is 358 g/mol. The summed E-state index contributed by atoms with van der Waals surface area (Å²) >= 11 is 0. The predicted octanol–water partition coefficient (Wildman–Crippen LogP) is 4.43. The molecule has 0 spiro atoms. The Balaban J connectivity index is 1.63. The van der Waals surface area contributed by atoms with Gasteiger partial charge in [-0.1, -0.05) is 13.0 Å². The molecule has 0 saturated heterocycles. The topological polar surface area (TPSA) is 43.4 Å². The Hall–Kier alpha value is -1.71. The second-order valence-corrected chi connectivity index (χ2v) is 8.64. The van der Waals surface area contributed by atoms with Gasteiger partial charge in [0.25, 0.3) is 0 Å². The maximum atomic E-state index is 13.6. The van der Waals surface area contributed by atoms with Crippen LogP contribution in [0.1, 0.15) is 62.5 Å². The molecule has 0 aliphatic heterocycles. The Labute approximate surface area is 154 Å². The number of rotatable bonds is 3. The molecule has 140 valence electrons. The van der Waals surface area contributed by atoms with Crippen LogP contribution >= 0.6 is 0 Å². The molecule has 2 saturated carbocycles. The van der Waals surface area contributed by atoms with E-state index in [2.05, 4.69) is 6.92 Å². The lowest BCUT2D eigenvalue weighted by molar-refractivity contribution is -0.141. The van der Waals surface area contributed by atoms with Crippen molar-refractivity contribution in [3.05, 3.63) is 35.1 Å². The Morgan fingerprint density at radius 1 is 1.35 bits per heavy atom. The van der Waals surface area contributed by atoms with Crippen LogP contribution in [0.15, 0.2) is 18.2 Å². The maximum Gasteiger partial charge on any atom is 0.305 e. The van der Waals surface area contributed by atoms with Gasteiger partial charge in [-0.05, 0) is 79.0 Å². The number of carbonyl (C=O) groups is 2. The van der Waals surface area contributed by atoms with Crippen molar-refractivity contribution >= 4 is 11.8 Å². The molecule has 3 nitrogen and oxygen atoms in total. The summed E-state index contributed by atoms with van der Waals surface area (Å²) in [5.74, 6) is 1.50. The molecule has 4 unspecified atom stereocenters. The first-order valence-corrected chi connectivity index (χ1v) is 9.82. The highest BCUT2D eigenvalue weighted by atomic mass is 19.1. The molecule has 5 atom stereocenters. The number of methoxy groups -OCH3 is 1. The predicted molar refractivity (Wildman–Crippen MR) is 96.1 cm³/mol. The molecular formula is C22H27FO3. The van der Waals surface area contributed by atoms with E-state index in [-0.39, 0.29) is 23.1 Å². The molecule has 26 heavy (non-hydrogen) atoms. The maximum absolute atomic E-state index is 13.6. The van der Waals surface area contributed by atoms with Crippen LogP contribution in [0, 0.1) is 29.0 Å². The van der Waals surface area contributed by atoms with Crippen molar-refractivity contribution in [2.45, 2.75) is 57.8 Å². The first kappa shape index (κ1) is 17.7. The molecule has 1 aromatic rings. The number of hydrogen-bond donors (Lipinski definition) is 0. The van der Waals surface area contributed by atoms with E-state index in [1.165, 1.54) is 12.7 Å². The fraction of sp³-hybridized carbons (Fsp3) is 0.636. The van der Waals surface area contributed by atoms with E-state index in [1.54, 1.807) is 12.1 Å². The van der Waals surface area contributed by atoms with E-state index in [9.17, 15) is 14.0 Å². The second kappa shape index (κ2) is 6.47. The van der Waals surface area contributed by atoms with Gasteiger partial charge in [0, 0.05) is 18.3 Å². The SMILES string of the molecule is COC(=O)CCC1CC(=O)[C@@]2(C)CCC3c4ccc(F)cc4CCC3C12. The molecule has 4 heteroatoms. The lowest BCUT2D eigenvalue weighted by Gasteiger charge is -2.50. The van der Waals surface area contributed by atoms with E-state index in [4.69, 9.17) is 4.74 Å². The van der Waals surface area contributed by atoms with Crippen LogP contribution in [0.5, 0.6) is 0 Å². The number of benzene rings is 1. The number of fused-ring (bicyclic) bond motifs is 5. The summed E-state index contributed by atoms with van der Waals surface area (Å²) in [5.41, 5.74) is 2.18. The molecule has 0 amide bonds. The molecule has 0 N–H and O–H groups in total. The molecular weight excluding hydrogens is 331 g/mol. The third-order valence-electron chi connectivity index (χ3n) is 7.48. The highest BCUT2D eigenvalue weighted by molar-refractivity contribution is 5.87. The fourth-order valence-electron chi connectivity index (χ4n) is 6.28. The molecule has 0 aromatic heterocycles. The van der Waals surface area contributed by atoms with E-state index < -0.39 is 0 Å². The Morgan fingerprint density at radius 3 is 2.92 bits per heavy atom. The van der Waals surface area contributed by atoms with E-state index in [0.717, 1.165) is 37.7 Å². The Bertz CT molecular complexity index is 743. The fourth-order valence-corrected chi connectivity index (χ4v) is 6.28. The van der Waals surface area contributed by atoms with E-state index in [0.29, 0.717) is 36.4 Å². The van der Waals surface area contributed by atoms with E-state index >= 15 is 0 Å². The molecule has 3 aliphatic carbocycles. The van der Waals surface area contributed by atoms with Crippen molar-refractivity contribution < 1.29 is 18.7 Å². The minimum absolute atomic E-state index is 0.158. The highest BCUT2D eigenvalue weighted by Gasteiger charge is 2.58. The van der Waals surface area contributed by atoms with Crippen molar-refractivity contribution in [1.29, 1.82) is 0 Å². The van der Waals surface area contributed by atoms with Gasteiger partial charge in [0.1, 0.15) is 11.6 Å². The number of ketones is 1. The number of carbonyl (C=O) groups excluding carboxylic acids is 2. The van der Waals surface area contributed by atoms with Crippen molar-refractivity contribution in [1.82, 2.24) is 0 Å². The summed E-state index contributed by atoms with van der Waals surface area (Å²) < 4.78 is 18.4. The zero-order valence-electron chi connectivity index (χ0n) is 15.6. The van der Waals surface area contributed by atoms with Crippen LogP contribution in [0.4, 0.5) is 4.39 Å². The van der Waals surface area contributed by atoms with Crippen LogP contribution in [0.2, 0.25) is 0 Å². The van der Waals surface area contributed by atoms with Gasteiger partial charge < -0.3 is 4.74 Å². The number of aryl methyl sites for hydroxylation is 1. The van der Waals surface area contributed by atoms with Gasteiger partial charge in [-0.15, -0.1) is 0 Å². The number of ether oxygens (including phenoxy) is 1. The largest absolute Gasteiger partial charge is 0.469 e. The molecule has 4 rings (SSSR count). The first-order chi connectivity index (χ1) is 12.4. The van der Waals surface area contributed by atoms with Gasteiger partial charge in [0.05, 0.1) is 7.11 Å². The smallest absolute Gasteiger partial charge is 0.305 e. The molecule has 1 aromatic carbocycles. The summed E-state index contributed by atoms with van der Waals surface area (Å²) in [7, 11) is 1.42. The number of esters is 1. The number of Topliss-reactive ketones (excluding diaryl/α,β-unsaturated/α-hetero) is 1. The van der Waals surface area contributed by atoms with Gasteiger partial charge in [-0.2, -0.15) is 0 Å². The first-order valence-electron chi connectivity index (χ1n) is 9.82. The minimum Gasteiger partial charge on any atom is -0.469 e. The van der Waals surface area contributed by atoms with Crippen LogP contribution in [0.3, 0.4) is 0 Å². The van der Waals surface area contributed by atoms with E-state index in [1.807, 2.05) is 6.07 Å².